The lowest BCUT2D eigenvalue weighted by atomic mass is 9.97. The molecule has 2 heterocycles. The quantitative estimate of drug-likeness (QED) is 0.846. The summed E-state index contributed by atoms with van der Waals surface area (Å²) in [6.07, 6.45) is 0.170. The second kappa shape index (κ2) is 6.78. The number of hydrogen-bond acceptors (Lipinski definition) is 4. The predicted octanol–water partition coefficient (Wildman–Crippen LogP) is 2.48. The predicted molar refractivity (Wildman–Crippen MR) is 91.9 cm³/mol. The van der Waals surface area contributed by atoms with Gasteiger partial charge in [-0.05, 0) is 18.2 Å². The van der Waals surface area contributed by atoms with Crippen LogP contribution < -0.4 is 9.47 Å². The van der Waals surface area contributed by atoms with Gasteiger partial charge < -0.3 is 14.4 Å². The number of ketones is 1. The topological polar surface area (TPSA) is 55.8 Å². The average molecular weight is 355 g/mol. The lowest BCUT2D eigenvalue weighted by Crippen LogP contribution is -2.52. The Balaban J connectivity index is 1.37. The van der Waals surface area contributed by atoms with Crippen molar-refractivity contribution in [2.24, 2.45) is 5.92 Å². The van der Waals surface area contributed by atoms with Crippen molar-refractivity contribution < 1.29 is 23.5 Å². The first kappa shape index (κ1) is 16.6. The molecule has 0 N–H and O–H groups in total. The Hall–Kier alpha value is -2.89. The fourth-order valence-electron chi connectivity index (χ4n) is 3.20. The van der Waals surface area contributed by atoms with Gasteiger partial charge in [-0.25, -0.2) is 4.39 Å². The van der Waals surface area contributed by atoms with E-state index in [0.29, 0.717) is 31.0 Å². The van der Waals surface area contributed by atoms with Gasteiger partial charge in [0.15, 0.2) is 5.78 Å². The molecule has 2 aromatic rings. The molecule has 1 saturated heterocycles. The molecule has 1 amide bonds. The van der Waals surface area contributed by atoms with Crippen molar-refractivity contribution in [1.29, 1.82) is 0 Å². The molecule has 0 radical (unpaired) electrons. The molecule has 0 bridgehead atoms. The summed E-state index contributed by atoms with van der Waals surface area (Å²) in [6, 6.07) is 12.1. The summed E-state index contributed by atoms with van der Waals surface area (Å²) in [4.78, 5) is 25.6. The highest BCUT2D eigenvalue weighted by molar-refractivity contribution is 5.96. The van der Waals surface area contributed by atoms with Crippen LogP contribution in [0.3, 0.4) is 0 Å². The summed E-state index contributed by atoms with van der Waals surface area (Å²) in [6.45, 7) is 1.52. The third-order valence-corrected chi connectivity index (χ3v) is 4.63. The van der Waals surface area contributed by atoms with Gasteiger partial charge in [-0.15, -0.1) is 0 Å². The third-order valence-electron chi connectivity index (χ3n) is 4.63. The molecular formula is C20H18FNO4. The molecule has 5 nitrogen and oxygen atoms in total. The molecule has 2 aliphatic heterocycles. The molecule has 26 heavy (non-hydrogen) atoms. The van der Waals surface area contributed by atoms with E-state index in [-0.39, 0.29) is 36.2 Å². The van der Waals surface area contributed by atoms with Crippen molar-refractivity contribution in [3.8, 4) is 11.5 Å². The number of nitrogens with zero attached hydrogens (tertiary/aromatic N) is 1. The van der Waals surface area contributed by atoms with Crippen LogP contribution in [0.5, 0.6) is 11.5 Å². The molecule has 2 aromatic carbocycles. The Morgan fingerprint density at radius 1 is 1.23 bits per heavy atom. The summed E-state index contributed by atoms with van der Waals surface area (Å²) < 4.78 is 25.2. The van der Waals surface area contributed by atoms with Crippen molar-refractivity contribution in [2.45, 2.75) is 6.42 Å². The van der Waals surface area contributed by atoms with Crippen LogP contribution in [0.25, 0.3) is 0 Å². The van der Waals surface area contributed by atoms with Crippen LogP contribution in [0, 0.1) is 11.7 Å². The van der Waals surface area contributed by atoms with Crippen LogP contribution in [0.15, 0.2) is 42.5 Å². The molecule has 1 fully saturated rings. The normalized spacial score (nSPS) is 16.5. The first-order chi connectivity index (χ1) is 12.6. The number of benzene rings is 2. The number of fused-ring (bicyclic) bond motifs is 1. The summed E-state index contributed by atoms with van der Waals surface area (Å²) in [7, 11) is 0. The molecule has 0 spiro atoms. The number of likely N-dealkylation sites (tertiary alicyclic amines) is 1. The smallest absolute Gasteiger partial charge is 0.256 e. The molecule has 2 aliphatic rings. The standard InChI is InChI=1S/C20H18FNO4/c21-18-8-19-14(6-15(23)12-26-19)7-17(18)20(24)22-9-13(10-22)11-25-16-4-2-1-3-5-16/h1-5,7-8,13H,6,9-12H2. The minimum atomic E-state index is -0.618. The molecule has 0 aromatic heterocycles. The largest absolute Gasteiger partial charge is 0.493 e. The Labute approximate surface area is 150 Å². The average Bonchev–Trinajstić information content (AvgIpc) is 2.61. The number of halogens is 1. The van der Waals surface area contributed by atoms with E-state index in [1.165, 1.54) is 12.1 Å². The van der Waals surface area contributed by atoms with E-state index >= 15 is 0 Å². The minimum absolute atomic E-state index is 0.00974. The fraction of sp³-hybridized carbons (Fsp3) is 0.300. The number of ether oxygens (including phenoxy) is 2. The van der Waals surface area contributed by atoms with Gasteiger partial charge in [-0.3, -0.25) is 9.59 Å². The summed E-state index contributed by atoms with van der Waals surface area (Å²) in [5.74, 6) is 0.305. The van der Waals surface area contributed by atoms with Gasteiger partial charge in [0.05, 0.1) is 12.2 Å². The summed E-state index contributed by atoms with van der Waals surface area (Å²) >= 11 is 0. The number of para-hydroxylation sites is 1. The molecule has 0 saturated carbocycles. The summed E-state index contributed by atoms with van der Waals surface area (Å²) in [5.41, 5.74) is 0.556. The van der Waals surface area contributed by atoms with E-state index in [0.717, 1.165) is 5.75 Å². The van der Waals surface area contributed by atoms with Crippen molar-refractivity contribution in [3.05, 3.63) is 59.4 Å². The minimum Gasteiger partial charge on any atom is -0.493 e. The van der Waals surface area contributed by atoms with Crippen LogP contribution >= 0.6 is 0 Å². The number of Topliss-reactive ketones (excluding diaryl/α,β-unsaturated/α-hetero) is 1. The highest BCUT2D eigenvalue weighted by atomic mass is 19.1. The Bertz CT molecular complexity index is 846. The van der Waals surface area contributed by atoms with Gasteiger partial charge in [0.25, 0.3) is 5.91 Å². The maximum Gasteiger partial charge on any atom is 0.256 e. The van der Waals surface area contributed by atoms with Crippen LogP contribution in [0.2, 0.25) is 0 Å². The first-order valence-corrected chi connectivity index (χ1v) is 8.54. The maximum absolute atomic E-state index is 14.3. The highest BCUT2D eigenvalue weighted by Crippen LogP contribution is 2.29. The van der Waals surface area contributed by atoms with Crippen molar-refractivity contribution in [1.82, 2.24) is 4.90 Å². The second-order valence-electron chi connectivity index (χ2n) is 6.64. The Kier molecular flexibility index (Phi) is 4.32. The number of carbonyl (C=O) groups is 2. The monoisotopic (exact) mass is 355 g/mol. The number of hydrogen-bond donors (Lipinski definition) is 0. The molecule has 0 unspecified atom stereocenters. The van der Waals surface area contributed by atoms with Gasteiger partial charge in [0, 0.05) is 37.1 Å². The van der Waals surface area contributed by atoms with Crippen LogP contribution in [-0.2, 0) is 11.2 Å². The zero-order valence-electron chi connectivity index (χ0n) is 14.1. The van der Waals surface area contributed by atoms with E-state index < -0.39 is 5.82 Å². The van der Waals surface area contributed by atoms with Gasteiger partial charge in [0.2, 0.25) is 0 Å². The zero-order chi connectivity index (χ0) is 18.1. The molecular weight excluding hydrogens is 337 g/mol. The van der Waals surface area contributed by atoms with E-state index in [1.807, 2.05) is 30.3 Å². The van der Waals surface area contributed by atoms with Crippen molar-refractivity contribution >= 4 is 11.7 Å². The lowest BCUT2D eigenvalue weighted by molar-refractivity contribution is -0.121. The number of rotatable bonds is 4. The third kappa shape index (κ3) is 3.27. The van der Waals surface area contributed by atoms with Crippen molar-refractivity contribution in [3.63, 3.8) is 0 Å². The second-order valence-corrected chi connectivity index (χ2v) is 6.64. The number of amides is 1. The van der Waals surface area contributed by atoms with Crippen LogP contribution in [0.4, 0.5) is 4.39 Å². The summed E-state index contributed by atoms with van der Waals surface area (Å²) in [5, 5.41) is 0. The van der Waals surface area contributed by atoms with E-state index in [1.54, 1.807) is 4.90 Å². The van der Waals surface area contributed by atoms with Crippen LogP contribution in [-0.4, -0.2) is 42.9 Å². The highest BCUT2D eigenvalue weighted by Gasteiger charge is 2.33. The molecule has 0 aliphatic carbocycles. The Morgan fingerprint density at radius 3 is 2.77 bits per heavy atom. The van der Waals surface area contributed by atoms with Gasteiger partial charge in [-0.1, -0.05) is 18.2 Å². The molecule has 6 heteroatoms. The van der Waals surface area contributed by atoms with E-state index in [2.05, 4.69) is 0 Å². The van der Waals surface area contributed by atoms with E-state index in [4.69, 9.17) is 9.47 Å². The zero-order valence-corrected chi connectivity index (χ0v) is 14.1. The van der Waals surface area contributed by atoms with E-state index in [9.17, 15) is 14.0 Å². The molecule has 4 rings (SSSR count). The van der Waals surface area contributed by atoms with Crippen LogP contribution in [0.1, 0.15) is 15.9 Å². The SMILES string of the molecule is O=C1COc2cc(F)c(C(=O)N3CC(COc4ccccc4)C3)cc2C1. The van der Waals surface area contributed by atoms with Gasteiger partial charge in [0.1, 0.15) is 23.9 Å². The lowest BCUT2D eigenvalue weighted by Gasteiger charge is -2.39. The Morgan fingerprint density at radius 2 is 2.00 bits per heavy atom. The van der Waals surface area contributed by atoms with Gasteiger partial charge >= 0.3 is 0 Å². The molecule has 134 valence electrons. The fourth-order valence-corrected chi connectivity index (χ4v) is 3.20. The van der Waals surface area contributed by atoms with Gasteiger partial charge in [-0.2, -0.15) is 0 Å². The van der Waals surface area contributed by atoms with Crippen molar-refractivity contribution in [2.75, 3.05) is 26.3 Å². The maximum atomic E-state index is 14.3. The number of carbonyl (C=O) groups excluding carboxylic acids is 2. The molecule has 0 atom stereocenters. The first-order valence-electron chi connectivity index (χ1n) is 8.54.